The van der Waals surface area contributed by atoms with E-state index in [-0.39, 0.29) is 5.97 Å². The van der Waals surface area contributed by atoms with Crippen LogP contribution in [-0.2, 0) is 11.2 Å². The summed E-state index contributed by atoms with van der Waals surface area (Å²) in [7, 11) is 0. The van der Waals surface area contributed by atoms with Crippen LogP contribution in [0, 0.1) is 44.4 Å². The maximum Gasteiger partial charge on any atom is 0.308 e. The van der Waals surface area contributed by atoms with Gasteiger partial charge in [0.05, 0.1) is 0 Å². The predicted octanol–water partition coefficient (Wildman–Crippen LogP) is 9.03. The standard InChI is InChI=1S/C31H52O3/c1-21(2)14-12-17-23(4)19-13-18-22(3)15-10-11-16-24(5)20-29-27(8)31(34-28(9)32)26(7)25(6)30(29)33/h11,16,21-24,33H,10,12-15,17-20H2,1-9H3/b16-11-. The van der Waals surface area contributed by atoms with Gasteiger partial charge < -0.3 is 9.84 Å². The molecule has 194 valence electrons. The summed E-state index contributed by atoms with van der Waals surface area (Å²) in [4.78, 5) is 11.5. The lowest BCUT2D eigenvalue weighted by Crippen LogP contribution is -2.09. The zero-order valence-electron chi connectivity index (χ0n) is 23.6. The highest BCUT2D eigenvalue weighted by Gasteiger charge is 2.20. The van der Waals surface area contributed by atoms with Crippen molar-refractivity contribution >= 4 is 5.97 Å². The lowest BCUT2D eigenvalue weighted by molar-refractivity contribution is -0.131. The Morgan fingerprint density at radius 1 is 0.853 bits per heavy atom. The average molecular weight is 473 g/mol. The number of benzene rings is 1. The van der Waals surface area contributed by atoms with Gasteiger partial charge in [0.25, 0.3) is 0 Å². The maximum atomic E-state index is 11.5. The molecule has 0 radical (unpaired) electrons. The third-order valence-electron chi connectivity index (χ3n) is 7.27. The van der Waals surface area contributed by atoms with Gasteiger partial charge in [-0.2, -0.15) is 0 Å². The first-order valence-electron chi connectivity index (χ1n) is 13.6. The molecule has 3 nitrogen and oxygen atoms in total. The third kappa shape index (κ3) is 10.7. The van der Waals surface area contributed by atoms with Crippen molar-refractivity contribution in [3.8, 4) is 11.5 Å². The minimum Gasteiger partial charge on any atom is -0.507 e. The van der Waals surface area contributed by atoms with E-state index in [4.69, 9.17) is 4.74 Å². The average Bonchev–Trinajstić information content (AvgIpc) is 2.75. The highest BCUT2D eigenvalue weighted by Crippen LogP contribution is 2.38. The number of phenolic OH excluding ortho intramolecular Hbond substituents is 1. The smallest absolute Gasteiger partial charge is 0.308 e. The normalized spacial score (nSPS) is 14.5. The van der Waals surface area contributed by atoms with E-state index < -0.39 is 0 Å². The van der Waals surface area contributed by atoms with Crippen LogP contribution in [0.2, 0.25) is 0 Å². The van der Waals surface area contributed by atoms with Crippen molar-refractivity contribution in [2.45, 2.75) is 120 Å². The Labute approximate surface area is 210 Å². The third-order valence-corrected chi connectivity index (χ3v) is 7.27. The number of hydrogen-bond acceptors (Lipinski definition) is 3. The second-order valence-corrected chi connectivity index (χ2v) is 11.3. The quantitative estimate of drug-likeness (QED) is 0.157. The molecule has 1 aromatic carbocycles. The van der Waals surface area contributed by atoms with Crippen LogP contribution in [0.4, 0.5) is 0 Å². The van der Waals surface area contributed by atoms with Gasteiger partial charge in [-0.15, -0.1) is 0 Å². The molecule has 3 unspecified atom stereocenters. The summed E-state index contributed by atoms with van der Waals surface area (Å²) in [6, 6.07) is 0. The lowest BCUT2D eigenvalue weighted by atomic mass is 9.90. The number of aromatic hydroxyl groups is 1. The Morgan fingerprint density at radius 3 is 1.97 bits per heavy atom. The van der Waals surface area contributed by atoms with Crippen LogP contribution in [0.3, 0.4) is 0 Å². The lowest BCUT2D eigenvalue weighted by Gasteiger charge is -2.19. The van der Waals surface area contributed by atoms with Crippen molar-refractivity contribution < 1.29 is 14.6 Å². The van der Waals surface area contributed by atoms with E-state index in [1.54, 1.807) is 0 Å². The number of esters is 1. The van der Waals surface area contributed by atoms with E-state index in [2.05, 4.69) is 46.8 Å². The van der Waals surface area contributed by atoms with Crippen LogP contribution in [0.25, 0.3) is 0 Å². The van der Waals surface area contributed by atoms with Crippen LogP contribution in [-0.4, -0.2) is 11.1 Å². The topological polar surface area (TPSA) is 46.5 Å². The summed E-state index contributed by atoms with van der Waals surface area (Å²) in [6.45, 7) is 18.7. The van der Waals surface area contributed by atoms with Crippen LogP contribution < -0.4 is 4.74 Å². The van der Waals surface area contributed by atoms with Crippen LogP contribution in [0.1, 0.15) is 115 Å². The molecule has 0 saturated heterocycles. The molecule has 0 heterocycles. The van der Waals surface area contributed by atoms with Crippen molar-refractivity contribution in [3.63, 3.8) is 0 Å². The van der Waals surface area contributed by atoms with Gasteiger partial charge in [-0.3, -0.25) is 4.79 Å². The van der Waals surface area contributed by atoms with Gasteiger partial charge in [-0.05, 0) is 80.4 Å². The Bertz CT molecular complexity index is 791. The second-order valence-electron chi connectivity index (χ2n) is 11.3. The zero-order valence-corrected chi connectivity index (χ0v) is 23.6. The summed E-state index contributed by atoms with van der Waals surface area (Å²) in [5.41, 5.74) is 3.36. The molecule has 0 bridgehead atoms. The first kappa shape index (κ1) is 30.3. The minimum absolute atomic E-state index is 0.305. The summed E-state index contributed by atoms with van der Waals surface area (Å²) in [6.07, 6.45) is 15.8. The zero-order chi connectivity index (χ0) is 25.8. The van der Waals surface area contributed by atoms with Crippen molar-refractivity contribution in [2.75, 3.05) is 0 Å². The van der Waals surface area contributed by atoms with E-state index in [0.29, 0.717) is 17.4 Å². The molecule has 1 N–H and O–H groups in total. The van der Waals surface area contributed by atoms with Crippen molar-refractivity contribution in [1.82, 2.24) is 0 Å². The molecule has 0 fully saturated rings. The Kier molecular flexibility index (Phi) is 13.6. The molecule has 34 heavy (non-hydrogen) atoms. The van der Waals surface area contributed by atoms with E-state index in [1.807, 2.05) is 20.8 Å². The van der Waals surface area contributed by atoms with Crippen LogP contribution in [0.5, 0.6) is 11.5 Å². The predicted molar refractivity (Wildman–Crippen MR) is 146 cm³/mol. The molecule has 1 aromatic rings. The van der Waals surface area contributed by atoms with Crippen molar-refractivity contribution in [1.29, 1.82) is 0 Å². The van der Waals surface area contributed by atoms with Gasteiger partial charge in [0.2, 0.25) is 0 Å². The first-order chi connectivity index (χ1) is 15.9. The molecular weight excluding hydrogens is 420 g/mol. The molecule has 0 amide bonds. The molecule has 3 heteroatoms. The minimum atomic E-state index is -0.329. The SMILES string of the molecule is CC(=O)Oc1c(C)c(C)c(O)c(CC(C)/C=C\CCC(C)CCCC(C)CCCC(C)C)c1C. The number of carbonyl (C=O) groups excluding carboxylic acids is 1. The van der Waals surface area contributed by atoms with Gasteiger partial charge in [-0.25, -0.2) is 0 Å². The molecule has 0 aromatic heterocycles. The van der Waals surface area contributed by atoms with Crippen LogP contribution in [0.15, 0.2) is 12.2 Å². The Morgan fingerprint density at radius 2 is 1.41 bits per heavy atom. The molecule has 0 aliphatic carbocycles. The summed E-state index contributed by atoms with van der Waals surface area (Å²) < 4.78 is 5.47. The van der Waals surface area contributed by atoms with E-state index in [1.165, 1.54) is 51.9 Å². The fourth-order valence-corrected chi connectivity index (χ4v) is 4.79. The Balaban J connectivity index is 2.48. The highest BCUT2D eigenvalue weighted by atomic mass is 16.5. The molecule has 0 aliphatic rings. The van der Waals surface area contributed by atoms with E-state index in [9.17, 15) is 9.90 Å². The highest BCUT2D eigenvalue weighted by molar-refractivity contribution is 5.72. The fourth-order valence-electron chi connectivity index (χ4n) is 4.79. The second kappa shape index (κ2) is 15.3. The largest absolute Gasteiger partial charge is 0.507 e. The van der Waals surface area contributed by atoms with Gasteiger partial charge >= 0.3 is 5.97 Å². The number of allylic oxidation sites excluding steroid dienone is 2. The maximum absolute atomic E-state index is 11.5. The molecule has 0 spiro atoms. The molecular formula is C31H52O3. The van der Waals surface area contributed by atoms with E-state index in [0.717, 1.165) is 52.8 Å². The monoisotopic (exact) mass is 472 g/mol. The number of ether oxygens (including phenoxy) is 1. The first-order valence-corrected chi connectivity index (χ1v) is 13.6. The number of hydrogen-bond donors (Lipinski definition) is 1. The van der Waals surface area contributed by atoms with Crippen molar-refractivity contribution in [3.05, 3.63) is 34.4 Å². The molecule has 1 rings (SSSR count). The van der Waals surface area contributed by atoms with Crippen LogP contribution >= 0.6 is 0 Å². The van der Waals surface area contributed by atoms with Gasteiger partial charge in [0, 0.05) is 12.5 Å². The van der Waals surface area contributed by atoms with Gasteiger partial charge in [-0.1, -0.05) is 85.3 Å². The summed E-state index contributed by atoms with van der Waals surface area (Å²) in [5, 5.41) is 10.7. The molecule has 0 saturated carbocycles. The Hall–Kier alpha value is -1.77. The number of phenols is 1. The van der Waals surface area contributed by atoms with Gasteiger partial charge in [0.1, 0.15) is 11.5 Å². The summed E-state index contributed by atoms with van der Waals surface area (Å²) in [5.74, 6) is 3.36. The van der Waals surface area contributed by atoms with Crippen molar-refractivity contribution in [2.24, 2.45) is 23.7 Å². The molecule has 3 atom stereocenters. The number of rotatable bonds is 15. The van der Waals surface area contributed by atoms with E-state index >= 15 is 0 Å². The number of carbonyl (C=O) groups is 1. The summed E-state index contributed by atoms with van der Waals surface area (Å²) >= 11 is 0. The van der Waals surface area contributed by atoms with Gasteiger partial charge in [0.15, 0.2) is 0 Å². The molecule has 0 aliphatic heterocycles. The fraction of sp³-hybridized carbons (Fsp3) is 0.710.